The lowest BCUT2D eigenvalue weighted by Crippen LogP contribution is -2.04. The molecular weight excluding hydrogens is 184 g/mol. The molecule has 0 spiro atoms. The van der Waals surface area contributed by atoms with Gasteiger partial charge in [-0.3, -0.25) is 0 Å². The molecule has 0 saturated heterocycles. The Morgan fingerprint density at radius 1 is 1.13 bits per heavy atom. The molecule has 15 heavy (non-hydrogen) atoms. The van der Waals surface area contributed by atoms with Gasteiger partial charge in [0.25, 0.3) is 0 Å². The van der Waals surface area contributed by atoms with Gasteiger partial charge in [-0.2, -0.15) is 4.99 Å². The van der Waals surface area contributed by atoms with Gasteiger partial charge in [-0.05, 0) is 30.4 Å². The molecule has 0 atom stereocenters. The van der Waals surface area contributed by atoms with Crippen molar-refractivity contribution in [1.82, 2.24) is 0 Å². The molecule has 1 aromatic carbocycles. The molecule has 0 aromatic heterocycles. The van der Waals surface area contributed by atoms with Crippen molar-refractivity contribution in [1.29, 1.82) is 5.41 Å². The van der Waals surface area contributed by atoms with E-state index in [2.05, 4.69) is 23.1 Å². The number of hydrogen-bond acceptors (Lipinski definition) is 2. The van der Waals surface area contributed by atoms with Gasteiger partial charge in [0.1, 0.15) is 0 Å². The average Bonchev–Trinajstić information content (AvgIpc) is 2.31. The standard InChI is InChI=1S/C13H16N2/c14-10-15-13-9-5-4-8-12(13)11-6-2-1-3-7-11/h4-5,8-9,11,14H,1-3,6-7H2. The van der Waals surface area contributed by atoms with Gasteiger partial charge in [0.15, 0.2) is 0 Å². The first-order valence-electron chi connectivity index (χ1n) is 5.63. The van der Waals surface area contributed by atoms with Gasteiger partial charge in [0.05, 0.1) is 11.7 Å². The van der Waals surface area contributed by atoms with Crippen LogP contribution in [0.4, 0.5) is 5.69 Å². The van der Waals surface area contributed by atoms with Crippen molar-refractivity contribution in [3.63, 3.8) is 0 Å². The number of nitrogens with one attached hydrogen (secondary N) is 1. The van der Waals surface area contributed by atoms with Gasteiger partial charge in [-0.15, -0.1) is 0 Å². The van der Waals surface area contributed by atoms with Crippen LogP contribution >= 0.6 is 0 Å². The van der Waals surface area contributed by atoms with Crippen LogP contribution < -0.4 is 0 Å². The molecule has 1 saturated carbocycles. The second-order valence-electron chi connectivity index (χ2n) is 4.12. The lowest BCUT2D eigenvalue weighted by Gasteiger charge is -2.22. The van der Waals surface area contributed by atoms with Crippen LogP contribution in [0.3, 0.4) is 0 Å². The van der Waals surface area contributed by atoms with E-state index < -0.39 is 0 Å². The normalized spacial score (nSPS) is 17.1. The summed E-state index contributed by atoms with van der Waals surface area (Å²) in [4.78, 5) is 4.00. The Labute approximate surface area is 90.6 Å². The van der Waals surface area contributed by atoms with E-state index in [-0.39, 0.29) is 0 Å². The van der Waals surface area contributed by atoms with Gasteiger partial charge in [0, 0.05) is 0 Å². The van der Waals surface area contributed by atoms with Gasteiger partial charge >= 0.3 is 0 Å². The highest BCUT2D eigenvalue weighted by atomic mass is 14.7. The highest BCUT2D eigenvalue weighted by Crippen LogP contribution is 2.37. The van der Waals surface area contributed by atoms with Crippen LogP contribution in [0.2, 0.25) is 0 Å². The molecule has 0 bridgehead atoms. The SMILES string of the molecule is N=C=Nc1ccccc1C1CCCCC1. The third-order valence-corrected chi connectivity index (χ3v) is 3.16. The molecule has 78 valence electrons. The van der Waals surface area contributed by atoms with Crippen LogP contribution in [-0.4, -0.2) is 6.01 Å². The topological polar surface area (TPSA) is 36.2 Å². The summed E-state index contributed by atoms with van der Waals surface area (Å²) in [6, 6.07) is 10.3. The number of aliphatic imine (C=N–C) groups is 1. The van der Waals surface area contributed by atoms with Crippen molar-refractivity contribution in [3.8, 4) is 0 Å². The predicted octanol–water partition coefficient (Wildman–Crippen LogP) is 4.12. The van der Waals surface area contributed by atoms with Gasteiger partial charge in [0.2, 0.25) is 0 Å². The first kappa shape index (κ1) is 10.1. The summed E-state index contributed by atoms with van der Waals surface area (Å²) in [5.74, 6) is 0.645. The largest absolute Gasteiger partial charge is 0.241 e. The highest BCUT2D eigenvalue weighted by molar-refractivity contribution is 5.55. The molecule has 1 N–H and O–H groups in total. The predicted molar refractivity (Wildman–Crippen MR) is 62.1 cm³/mol. The Bertz CT molecular complexity index is 372. The molecular formula is C13H16N2. The molecule has 1 aliphatic carbocycles. The van der Waals surface area contributed by atoms with Crippen molar-refractivity contribution < 1.29 is 0 Å². The van der Waals surface area contributed by atoms with E-state index in [1.165, 1.54) is 37.7 Å². The lowest BCUT2D eigenvalue weighted by molar-refractivity contribution is 0.444. The zero-order valence-electron chi connectivity index (χ0n) is 8.87. The zero-order chi connectivity index (χ0) is 10.5. The molecule has 2 rings (SSSR count). The molecule has 0 unspecified atom stereocenters. The van der Waals surface area contributed by atoms with Crippen LogP contribution in [0.5, 0.6) is 0 Å². The van der Waals surface area contributed by atoms with E-state index in [0.717, 1.165) is 5.69 Å². The third-order valence-electron chi connectivity index (χ3n) is 3.16. The quantitative estimate of drug-likeness (QED) is 0.697. The molecule has 0 heterocycles. The second kappa shape index (κ2) is 4.90. The van der Waals surface area contributed by atoms with Crippen LogP contribution in [0.15, 0.2) is 29.3 Å². The first-order chi connectivity index (χ1) is 7.42. The van der Waals surface area contributed by atoms with Crippen LogP contribution in [0.1, 0.15) is 43.6 Å². The van der Waals surface area contributed by atoms with Crippen LogP contribution in [0.25, 0.3) is 0 Å². The minimum Gasteiger partial charge on any atom is -0.241 e. The molecule has 2 nitrogen and oxygen atoms in total. The molecule has 0 amide bonds. The maximum atomic E-state index is 6.93. The molecule has 2 heteroatoms. The van der Waals surface area contributed by atoms with E-state index in [9.17, 15) is 0 Å². The van der Waals surface area contributed by atoms with E-state index in [1.807, 2.05) is 12.1 Å². The zero-order valence-corrected chi connectivity index (χ0v) is 8.87. The Morgan fingerprint density at radius 3 is 2.60 bits per heavy atom. The van der Waals surface area contributed by atoms with Crippen molar-refractivity contribution in [2.45, 2.75) is 38.0 Å². The van der Waals surface area contributed by atoms with Crippen LogP contribution in [0, 0.1) is 5.41 Å². The number of hydrogen-bond donors (Lipinski definition) is 1. The fourth-order valence-corrected chi connectivity index (χ4v) is 2.41. The van der Waals surface area contributed by atoms with Crippen LogP contribution in [-0.2, 0) is 0 Å². The Hall–Kier alpha value is -1.40. The van der Waals surface area contributed by atoms with Gasteiger partial charge in [-0.25, -0.2) is 5.41 Å². The number of benzene rings is 1. The van der Waals surface area contributed by atoms with Crippen molar-refractivity contribution >= 4 is 11.7 Å². The van der Waals surface area contributed by atoms with Gasteiger partial charge in [-0.1, -0.05) is 37.5 Å². The highest BCUT2D eigenvalue weighted by Gasteiger charge is 2.17. The van der Waals surface area contributed by atoms with Crippen molar-refractivity contribution in [2.24, 2.45) is 4.99 Å². The Morgan fingerprint density at radius 2 is 1.87 bits per heavy atom. The van der Waals surface area contributed by atoms with Crippen molar-refractivity contribution in [3.05, 3.63) is 29.8 Å². The lowest BCUT2D eigenvalue weighted by atomic mass is 9.83. The van der Waals surface area contributed by atoms with E-state index in [4.69, 9.17) is 5.41 Å². The summed E-state index contributed by atoms with van der Waals surface area (Å²) in [6.07, 6.45) is 6.56. The summed E-state index contributed by atoms with van der Waals surface area (Å²) in [5.41, 5.74) is 2.23. The summed E-state index contributed by atoms with van der Waals surface area (Å²) in [6.45, 7) is 0. The summed E-state index contributed by atoms with van der Waals surface area (Å²) in [5, 5.41) is 6.93. The maximum Gasteiger partial charge on any atom is 0.0918 e. The molecule has 1 fully saturated rings. The molecule has 0 aliphatic heterocycles. The summed E-state index contributed by atoms with van der Waals surface area (Å²) in [7, 11) is 0. The number of para-hydroxylation sites is 1. The Kier molecular flexibility index (Phi) is 3.31. The minimum atomic E-state index is 0.645. The second-order valence-corrected chi connectivity index (χ2v) is 4.12. The van der Waals surface area contributed by atoms with E-state index in [0.29, 0.717) is 5.92 Å². The first-order valence-corrected chi connectivity index (χ1v) is 5.63. The van der Waals surface area contributed by atoms with E-state index >= 15 is 0 Å². The third kappa shape index (κ3) is 2.34. The maximum absolute atomic E-state index is 6.93. The molecule has 1 aliphatic rings. The number of nitrogens with zero attached hydrogens (tertiary/aromatic N) is 1. The minimum absolute atomic E-state index is 0.645. The Balaban J connectivity index is 2.28. The van der Waals surface area contributed by atoms with Gasteiger partial charge < -0.3 is 0 Å². The fourth-order valence-electron chi connectivity index (χ4n) is 2.41. The van der Waals surface area contributed by atoms with Crippen molar-refractivity contribution in [2.75, 3.05) is 0 Å². The summed E-state index contributed by atoms with van der Waals surface area (Å²) < 4.78 is 0. The fraction of sp³-hybridized carbons (Fsp3) is 0.462. The number of rotatable bonds is 2. The summed E-state index contributed by atoms with van der Waals surface area (Å²) >= 11 is 0. The smallest absolute Gasteiger partial charge is 0.0918 e. The molecule has 1 aromatic rings. The average molecular weight is 200 g/mol. The molecule has 0 radical (unpaired) electrons. The monoisotopic (exact) mass is 200 g/mol. The van der Waals surface area contributed by atoms with E-state index in [1.54, 1.807) is 0 Å².